The normalized spacial score (nSPS) is 14.1. The fraction of sp³-hybridized carbons (Fsp3) is 0.360. The molecule has 4 heterocycles. The minimum absolute atomic E-state index is 0. The van der Waals surface area contributed by atoms with Crippen LogP contribution in [0.1, 0.15) is 29.0 Å². The Kier molecular flexibility index (Phi) is 7.88. The van der Waals surface area contributed by atoms with E-state index in [4.69, 9.17) is 14.9 Å². The average molecular weight is 512 g/mol. The number of fused-ring (bicyclic) bond motifs is 1. The second-order valence-electron chi connectivity index (χ2n) is 8.82. The van der Waals surface area contributed by atoms with E-state index in [1.807, 2.05) is 36.0 Å². The van der Waals surface area contributed by atoms with Gasteiger partial charge in [-0.1, -0.05) is 0 Å². The summed E-state index contributed by atoms with van der Waals surface area (Å²) >= 11 is 0. The number of hydrogen-bond acceptors (Lipinski definition) is 8. The molecule has 1 aliphatic rings. The maximum atomic E-state index is 13.2. The predicted octanol–water partition coefficient (Wildman–Crippen LogP) is 3.64. The van der Waals surface area contributed by atoms with E-state index in [9.17, 15) is 4.79 Å². The second-order valence-corrected chi connectivity index (χ2v) is 8.82. The first-order valence-corrected chi connectivity index (χ1v) is 11.7. The lowest BCUT2D eigenvalue weighted by molar-refractivity contribution is 0.102. The van der Waals surface area contributed by atoms with Crippen LogP contribution in [0.25, 0.3) is 22.4 Å². The number of aromatic nitrogens is 4. The largest absolute Gasteiger partial charge is 0.444 e. The zero-order valence-corrected chi connectivity index (χ0v) is 21.1. The lowest BCUT2D eigenvalue weighted by atomic mass is 10.0. The van der Waals surface area contributed by atoms with Crippen LogP contribution < -0.4 is 16.0 Å². The van der Waals surface area contributed by atoms with Crippen LogP contribution in [-0.4, -0.2) is 58.5 Å². The number of nitrogens with zero attached hydrogens (tertiary/aromatic N) is 5. The average Bonchev–Trinajstić information content (AvgIpc) is 3.50. The van der Waals surface area contributed by atoms with E-state index in [0.29, 0.717) is 24.7 Å². The maximum Gasteiger partial charge on any atom is 0.277 e. The summed E-state index contributed by atoms with van der Waals surface area (Å²) in [6, 6.07) is 7.85. The van der Waals surface area contributed by atoms with Crippen LogP contribution in [0, 0.1) is 6.92 Å². The van der Waals surface area contributed by atoms with Crippen molar-refractivity contribution < 1.29 is 13.9 Å². The molecule has 1 fully saturated rings. The molecule has 0 bridgehead atoms. The monoisotopic (exact) mass is 511 g/mol. The highest BCUT2D eigenvalue weighted by Gasteiger charge is 2.22. The summed E-state index contributed by atoms with van der Waals surface area (Å²) in [4.78, 5) is 24.0. The Labute approximate surface area is 215 Å². The minimum atomic E-state index is -0.341. The molecule has 0 saturated carbocycles. The van der Waals surface area contributed by atoms with Crippen molar-refractivity contribution in [1.82, 2.24) is 19.7 Å². The molecule has 3 aromatic heterocycles. The van der Waals surface area contributed by atoms with Gasteiger partial charge in [0.25, 0.3) is 5.91 Å². The summed E-state index contributed by atoms with van der Waals surface area (Å²) in [6.07, 6.45) is 6.81. The van der Waals surface area contributed by atoms with E-state index in [-0.39, 0.29) is 30.0 Å². The van der Waals surface area contributed by atoms with Crippen molar-refractivity contribution >= 4 is 40.6 Å². The summed E-state index contributed by atoms with van der Waals surface area (Å²) in [6.45, 7) is 4.74. The van der Waals surface area contributed by atoms with E-state index < -0.39 is 0 Å². The fourth-order valence-electron chi connectivity index (χ4n) is 4.29. The number of carbonyl (C=O) groups excluding carboxylic acids is 1. The number of benzene rings is 1. The first-order valence-electron chi connectivity index (χ1n) is 11.7. The van der Waals surface area contributed by atoms with Crippen molar-refractivity contribution in [3.8, 4) is 11.5 Å². The highest BCUT2D eigenvalue weighted by molar-refractivity contribution is 6.06. The molecule has 36 heavy (non-hydrogen) atoms. The van der Waals surface area contributed by atoms with Gasteiger partial charge in [-0.3, -0.25) is 14.5 Å². The van der Waals surface area contributed by atoms with Gasteiger partial charge in [0.05, 0.1) is 30.0 Å². The molecule has 1 saturated heterocycles. The van der Waals surface area contributed by atoms with Gasteiger partial charge in [-0.2, -0.15) is 5.10 Å². The first-order chi connectivity index (χ1) is 17.0. The number of amides is 1. The molecular formula is C25H30ClN7O3. The third-order valence-corrected chi connectivity index (χ3v) is 6.20. The van der Waals surface area contributed by atoms with Crippen LogP contribution in [0.5, 0.6) is 0 Å². The van der Waals surface area contributed by atoms with E-state index in [2.05, 4.69) is 25.3 Å². The summed E-state index contributed by atoms with van der Waals surface area (Å²) in [5.41, 5.74) is 10.4. The Morgan fingerprint density at radius 2 is 2.08 bits per heavy atom. The number of piperidine rings is 1. The van der Waals surface area contributed by atoms with Gasteiger partial charge in [-0.05, 0) is 44.0 Å². The predicted molar refractivity (Wildman–Crippen MR) is 141 cm³/mol. The van der Waals surface area contributed by atoms with E-state index >= 15 is 0 Å². The van der Waals surface area contributed by atoms with Crippen LogP contribution in [0.15, 0.2) is 47.3 Å². The lowest BCUT2D eigenvalue weighted by Crippen LogP contribution is -2.40. The standard InChI is InChI=1S/C25H29N7O3.ClH/c1-16-11-17(3-6-27-16)25-29-22(15-35-25)24(33)28-21-12-18-14-32(9-10-34-2)30-20(18)13-23(21)31-7-4-19(26)5-8-31;/h3,6,11-15,19H,4-5,7-10,26H2,1-2H3,(H,28,33);1H. The number of hydrogen-bond donors (Lipinski definition) is 2. The van der Waals surface area contributed by atoms with Crippen molar-refractivity contribution in [3.05, 3.63) is 54.3 Å². The molecule has 1 aliphatic heterocycles. The SMILES string of the molecule is COCCn1cc2cc(NC(=O)c3coc(-c4ccnc(C)c4)n3)c(N3CCC(N)CC3)cc2n1.Cl. The fourth-order valence-corrected chi connectivity index (χ4v) is 4.29. The molecular weight excluding hydrogens is 482 g/mol. The Balaban J connectivity index is 0.00000304. The first kappa shape index (κ1) is 25.6. The number of nitrogens with two attached hydrogens (primary N) is 1. The molecule has 1 amide bonds. The van der Waals surface area contributed by atoms with Crippen LogP contribution in [0.4, 0.5) is 11.4 Å². The van der Waals surface area contributed by atoms with Crippen LogP contribution in [-0.2, 0) is 11.3 Å². The molecule has 0 atom stereocenters. The Hall–Kier alpha value is -3.47. The Bertz CT molecular complexity index is 1340. The van der Waals surface area contributed by atoms with Gasteiger partial charge in [0.1, 0.15) is 6.26 Å². The molecule has 0 radical (unpaired) electrons. The number of pyridine rings is 1. The topological polar surface area (TPSA) is 124 Å². The third kappa shape index (κ3) is 5.51. The number of halogens is 1. The summed E-state index contributed by atoms with van der Waals surface area (Å²) in [5.74, 6) is 0.0348. The highest BCUT2D eigenvalue weighted by atomic mass is 35.5. The zero-order chi connectivity index (χ0) is 24.4. The molecule has 5 rings (SSSR count). The van der Waals surface area contributed by atoms with Crippen molar-refractivity contribution in [2.24, 2.45) is 5.73 Å². The maximum absolute atomic E-state index is 13.2. The second kappa shape index (κ2) is 11.1. The van der Waals surface area contributed by atoms with Crippen molar-refractivity contribution in [3.63, 3.8) is 0 Å². The molecule has 0 unspecified atom stereocenters. The Morgan fingerprint density at radius 3 is 2.83 bits per heavy atom. The summed E-state index contributed by atoms with van der Waals surface area (Å²) in [7, 11) is 1.67. The van der Waals surface area contributed by atoms with Crippen LogP contribution in [0.2, 0.25) is 0 Å². The van der Waals surface area contributed by atoms with Crippen LogP contribution in [0.3, 0.4) is 0 Å². The number of ether oxygens (including phenoxy) is 1. The van der Waals surface area contributed by atoms with Gasteiger partial charge < -0.3 is 25.1 Å². The number of nitrogens with one attached hydrogen (secondary N) is 1. The van der Waals surface area contributed by atoms with E-state index in [0.717, 1.165) is 53.8 Å². The smallest absolute Gasteiger partial charge is 0.277 e. The third-order valence-electron chi connectivity index (χ3n) is 6.20. The summed E-state index contributed by atoms with van der Waals surface area (Å²) < 4.78 is 12.6. The molecule has 10 nitrogen and oxygen atoms in total. The number of anilines is 2. The van der Waals surface area contributed by atoms with Gasteiger partial charge in [0, 0.05) is 55.3 Å². The highest BCUT2D eigenvalue weighted by Crippen LogP contribution is 2.33. The number of carbonyl (C=O) groups is 1. The molecule has 0 aliphatic carbocycles. The van der Waals surface area contributed by atoms with Gasteiger partial charge in [0.15, 0.2) is 5.69 Å². The number of methoxy groups -OCH3 is 1. The molecule has 0 spiro atoms. The van der Waals surface area contributed by atoms with Gasteiger partial charge >= 0.3 is 0 Å². The molecule has 3 N–H and O–H groups in total. The number of oxazole rings is 1. The van der Waals surface area contributed by atoms with Gasteiger partial charge in [-0.25, -0.2) is 4.98 Å². The number of rotatable bonds is 7. The quantitative estimate of drug-likeness (QED) is 0.385. The van der Waals surface area contributed by atoms with Crippen LogP contribution >= 0.6 is 12.4 Å². The summed E-state index contributed by atoms with van der Waals surface area (Å²) in [5, 5.41) is 8.66. The lowest BCUT2D eigenvalue weighted by Gasteiger charge is -2.33. The molecule has 4 aromatic rings. The van der Waals surface area contributed by atoms with Crippen molar-refractivity contribution in [2.75, 3.05) is 37.0 Å². The minimum Gasteiger partial charge on any atom is -0.444 e. The van der Waals surface area contributed by atoms with E-state index in [1.165, 1.54) is 6.26 Å². The molecule has 1 aromatic carbocycles. The zero-order valence-electron chi connectivity index (χ0n) is 20.3. The molecule has 11 heteroatoms. The number of aryl methyl sites for hydroxylation is 1. The Morgan fingerprint density at radius 1 is 1.28 bits per heavy atom. The van der Waals surface area contributed by atoms with Crippen molar-refractivity contribution in [1.29, 1.82) is 0 Å². The van der Waals surface area contributed by atoms with Gasteiger partial charge in [-0.15, -0.1) is 12.4 Å². The van der Waals surface area contributed by atoms with E-state index in [1.54, 1.807) is 19.4 Å². The van der Waals surface area contributed by atoms with Crippen molar-refractivity contribution in [2.45, 2.75) is 32.4 Å². The molecule has 190 valence electrons. The van der Waals surface area contributed by atoms with Gasteiger partial charge in [0.2, 0.25) is 5.89 Å².